The lowest BCUT2D eigenvalue weighted by atomic mass is 9.94. The molecule has 0 heterocycles. The average molecular weight is 403 g/mol. The molecule has 0 aliphatic carbocycles. The Morgan fingerprint density at radius 2 is 1.50 bits per heavy atom. The third kappa shape index (κ3) is 3.52. The van der Waals surface area contributed by atoms with E-state index in [1.54, 1.807) is 12.1 Å². The van der Waals surface area contributed by atoms with Crippen LogP contribution >= 0.6 is 0 Å². The van der Waals surface area contributed by atoms with Gasteiger partial charge in [0.15, 0.2) is 0 Å². The van der Waals surface area contributed by atoms with Crippen molar-refractivity contribution in [1.82, 2.24) is 0 Å². The topological polar surface area (TPSA) is 23.8 Å². The predicted octanol–water partition coefficient (Wildman–Crippen LogP) is 7.68. The molecule has 4 aromatic carbocycles. The first-order chi connectivity index (χ1) is 14.5. The minimum absolute atomic E-state index is 0.0646. The molecule has 0 radical (unpaired) electrons. The van der Waals surface area contributed by atoms with Gasteiger partial charge in [-0.25, -0.2) is 13.2 Å². The molecule has 0 fully saturated rings. The number of rotatable bonds is 5. The molecular weight excluding hydrogens is 383 g/mol. The largest absolute Gasteiger partial charge is 0.206 e. The van der Waals surface area contributed by atoms with E-state index in [9.17, 15) is 8.78 Å². The number of nitriles is 1. The first kappa shape index (κ1) is 20.0. The van der Waals surface area contributed by atoms with Crippen LogP contribution < -0.4 is 0 Å². The standard InChI is InChI=1S/C26H20F3N/c1-2-3-4-5-16-6-8-19-17(12-16)7-9-22-21(19)11-10-20(26(22)29)18-13-24(27)23(15-30)25(28)14-18/h6-14H,2-5H2,1H3. The molecule has 0 N–H and O–H groups in total. The summed E-state index contributed by atoms with van der Waals surface area (Å²) in [5.74, 6) is -2.54. The molecule has 0 amide bonds. The summed E-state index contributed by atoms with van der Waals surface area (Å²) in [5.41, 5.74) is 0.756. The van der Waals surface area contributed by atoms with Crippen LogP contribution in [0.1, 0.15) is 37.3 Å². The lowest BCUT2D eigenvalue weighted by molar-refractivity contribution is 0.577. The Labute approximate surface area is 173 Å². The van der Waals surface area contributed by atoms with E-state index in [-0.39, 0.29) is 11.1 Å². The Morgan fingerprint density at radius 3 is 2.20 bits per heavy atom. The van der Waals surface area contributed by atoms with E-state index in [1.807, 2.05) is 12.1 Å². The van der Waals surface area contributed by atoms with Crippen LogP contribution in [0.3, 0.4) is 0 Å². The molecule has 0 aliphatic rings. The van der Waals surface area contributed by atoms with Gasteiger partial charge in [0.25, 0.3) is 0 Å². The second-order valence-electron chi connectivity index (χ2n) is 7.53. The summed E-state index contributed by atoms with van der Waals surface area (Å²) in [6.45, 7) is 2.18. The van der Waals surface area contributed by atoms with Gasteiger partial charge >= 0.3 is 0 Å². The maximum Gasteiger partial charge on any atom is 0.144 e. The zero-order valence-corrected chi connectivity index (χ0v) is 16.6. The van der Waals surface area contributed by atoms with Crippen LogP contribution in [0.25, 0.3) is 32.7 Å². The number of hydrogen-bond donors (Lipinski definition) is 0. The van der Waals surface area contributed by atoms with Gasteiger partial charge in [0.2, 0.25) is 0 Å². The molecular formula is C26H20F3N. The van der Waals surface area contributed by atoms with Crippen molar-refractivity contribution in [2.75, 3.05) is 0 Å². The molecule has 4 heteroatoms. The van der Waals surface area contributed by atoms with Crippen LogP contribution in [-0.2, 0) is 6.42 Å². The molecule has 0 bridgehead atoms. The summed E-state index contributed by atoms with van der Waals surface area (Å²) in [4.78, 5) is 0. The van der Waals surface area contributed by atoms with Crippen molar-refractivity contribution in [3.05, 3.63) is 83.2 Å². The zero-order chi connectivity index (χ0) is 21.3. The number of fused-ring (bicyclic) bond motifs is 3. The maximum atomic E-state index is 15.3. The van der Waals surface area contributed by atoms with Gasteiger partial charge in [-0.2, -0.15) is 5.26 Å². The minimum atomic E-state index is -0.999. The highest BCUT2D eigenvalue weighted by atomic mass is 19.1. The Hall–Kier alpha value is -3.32. The molecule has 30 heavy (non-hydrogen) atoms. The van der Waals surface area contributed by atoms with E-state index in [1.165, 1.54) is 30.5 Å². The van der Waals surface area contributed by atoms with Crippen molar-refractivity contribution in [2.45, 2.75) is 32.6 Å². The highest BCUT2D eigenvalue weighted by molar-refractivity contribution is 6.08. The SMILES string of the molecule is CCCCCc1ccc2c(ccc3c(F)c(-c4cc(F)c(C#N)c(F)c4)ccc32)c1. The lowest BCUT2D eigenvalue weighted by Crippen LogP contribution is -1.94. The summed E-state index contributed by atoms with van der Waals surface area (Å²) >= 11 is 0. The van der Waals surface area contributed by atoms with Crippen LogP contribution in [0.2, 0.25) is 0 Å². The van der Waals surface area contributed by atoms with Crippen LogP contribution in [0, 0.1) is 28.8 Å². The van der Waals surface area contributed by atoms with E-state index in [2.05, 4.69) is 19.1 Å². The number of halogens is 3. The molecule has 150 valence electrons. The molecule has 0 atom stereocenters. The molecule has 0 spiro atoms. The van der Waals surface area contributed by atoms with E-state index in [0.717, 1.165) is 41.1 Å². The molecule has 4 aromatic rings. The first-order valence-corrected chi connectivity index (χ1v) is 10.1. The third-order valence-electron chi connectivity index (χ3n) is 5.55. The lowest BCUT2D eigenvalue weighted by Gasteiger charge is -2.11. The van der Waals surface area contributed by atoms with Gasteiger partial charge in [0, 0.05) is 10.9 Å². The molecule has 0 aromatic heterocycles. The van der Waals surface area contributed by atoms with Gasteiger partial charge in [0.05, 0.1) is 0 Å². The van der Waals surface area contributed by atoms with Crippen LogP contribution in [0.4, 0.5) is 13.2 Å². The predicted molar refractivity (Wildman–Crippen MR) is 115 cm³/mol. The van der Waals surface area contributed by atoms with Crippen molar-refractivity contribution in [2.24, 2.45) is 0 Å². The van der Waals surface area contributed by atoms with Crippen molar-refractivity contribution < 1.29 is 13.2 Å². The number of benzene rings is 4. The van der Waals surface area contributed by atoms with E-state index >= 15 is 4.39 Å². The van der Waals surface area contributed by atoms with Gasteiger partial charge in [-0.1, -0.05) is 62.2 Å². The van der Waals surface area contributed by atoms with Crippen molar-refractivity contribution in [3.8, 4) is 17.2 Å². The second kappa shape index (κ2) is 8.20. The van der Waals surface area contributed by atoms with Crippen LogP contribution in [0.15, 0.2) is 54.6 Å². The quantitative estimate of drug-likeness (QED) is 0.248. The maximum absolute atomic E-state index is 15.3. The molecule has 0 saturated carbocycles. The third-order valence-corrected chi connectivity index (χ3v) is 5.55. The normalized spacial score (nSPS) is 11.2. The Bertz CT molecular complexity index is 1280. The van der Waals surface area contributed by atoms with Gasteiger partial charge < -0.3 is 0 Å². The first-order valence-electron chi connectivity index (χ1n) is 10.1. The van der Waals surface area contributed by atoms with Gasteiger partial charge in [-0.15, -0.1) is 0 Å². The summed E-state index contributed by atoms with van der Waals surface area (Å²) in [5, 5.41) is 12.0. The number of aryl methyl sites for hydroxylation is 1. The molecule has 0 unspecified atom stereocenters. The highest BCUT2D eigenvalue weighted by Crippen LogP contribution is 2.34. The fourth-order valence-electron chi connectivity index (χ4n) is 3.95. The number of hydrogen-bond acceptors (Lipinski definition) is 1. The minimum Gasteiger partial charge on any atom is -0.206 e. The monoisotopic (exact) mass is 403 g/mol. The summed E-state index contributed by atoms with van der Waals surface area (Å²) in [7, 11) is 0. The molecule has 1 nitrogen and oxygen atoms in total. The number of nitrogens with zero attached hydrogens (tertiary/aromatic N) is 1. The summed E-state index contributed by atoms with van der Waals surface area (Å²) in [6, 6.07) is 16.6. The smallest absolute Gasteiger partial charge is 0.144 e. The Morgan fingerprint density at radius 1 is 0.800 bits per heavy atom. The molecule has 4 rings (SSSR count). The summed E-state index contributed by atoms with van der Waals surface area (Å²) < 4.78 is 43.3. The summed E-state index contributed by atoms with van der Waals surface area (Å²) in [6.07, 6.45) is 4.53. The van der Waals surface area contributed by atoms with E-state index < -0.39 is 23.0 Å². The van der Waals surface area contributed by atoms with Crippen LogP contribution in [-0.4, -0.2) is 0 Å². The molecule has 0 aliphatic heterocycles. The fraction of sp³-hybridized carbons (Fsp3) is 0.192. The Kier molecular flexibility index (Phi) is 5.46. The highest BCUT2D eigenvalue weighted by Gasteiger charge is 2.16. The van der Waals surface area contributed by atoms with Crippen LogP contribution in [0.5, 0.6) is 0 Å². The van der Waals surface area contributed by atoms with Crippen molar-refractivity contribution in [1.29, 1.82) is 5.26 Å². The Balaban J connectivity index is 1.81. The van der Waals surface area contributed by atoms with Gasteiger partial charge in [-0.05, 0) is 52.3 Å². The number of unbranched alkanes of at least 4 members (excludes halogenated alkanes) is 2. The van der Waals surface area contributed by atoms with E-state index in [4.69, 9.17) is 5.26 Å². The van der Waals surface area contributed by atoms with Gasteiger partial charge in [0.1, 0.15) is 29.1 Å². The van der Waals surface area contributed by atoms with Crippen molar-refractivity contribution in [3.63, 3.8) is 0 Å². The zero-order valence-electron chi connectivity index (χ0n) is 16.6. The fourth-order valence-corrected chi connectivity index (χ4v) is 3.95. The molecule has 0 saturated heterocycles. The average Bonchev–Trinajstić information content (AvgIpc) is 2.73. The van der Waals surface area contributed by atoms with Crippen molar-refractivity contribution >= 4 is 21.5 Å². The second-order valence-corrected chi connectivity index (χ2v) is 7.53. The van der Waals surface area contributed by atoms with Gasteiger partial charge in [-0.3, -0.25) is 0 Å². The van der Waals surface area contributed by atoms with E-state index in [0.29, 0.717) is 5.39 Å².